The van der Waals surface area contributed by atoms with Gasteiger partial charge in [-0.25, -0.2) is 9.78 Å². The first-order chi connectivity index (χ1) is 15.6. The topological polar surface area (TPSA) is 86.4 Å². The van der Waals surface area contributed by atoms with Crippen molar-refractivity contribution in [3.8, 4) is 0 Å². The molecule has 1 aliphatic heterocycles. The maximum Gasteiger partial charge on any atom is 0.319 e. The predicted octanol–water partition coefficient (Wildman–Crippen LogP) is 4.17. The van der Waals surface area contributed by atoms with E-state index in [2.05, 4.69) is 50.1 Å². The van der Waals surface area contributed by atoms with Crippen molar-refractivity contribution in [2.45, 2.75) is 13.0 Å². The Morgan fingerprint density at radius 3 is 2.66 bits per heavy atom. The number of rotatable bonds is 6. The second-order valence-electron chi connectivity index (χ2n) is 7.57. The number of halogens is 1. The summed E-state index contributed by atoms with van der Waals surface area (Å²) in [6.45, 7) is 3.20. The molecule has 0 radical (unpaired) electrons. The summed E-state index contributed by atoms with van der Waals surface area (Å²) < 4.78 is 0. The van der Waals surface area contributed by atoms with Crippen LogP contribution in [0.5, 0.6) is 0 Å². The number of benzene rings is 2. The van der Waals surface area contributed by atoms with Crippen LogP contribution in [0.1, 0.15) is 21.5 Å². The van der Waals surface area contributed by atoms with E-state index >= 15 is 0 Å². The van der Waals surface area contributed by atoms with Crippen LogP contribution in [0.15, 0.2) is 66.9 Å². The lowest BCUT2D eigenvalue weighted by molar-refractivity contribution is 0.102. The molecular weight excluding hydrogens is 426 g/mol. The van der Waals surface area contributed by atoms with Gasteiger partial charge in [0.15, 0.2) is 0 Å². The van der Waals surface area contributed by atoms with E-state index in [0.717, 1.165) is 26.1 Å². The summed E-state index contributed by atoms with van der Waals surface area (Å²) in [5.74, 6) is 0.0742. The van der Waals surface area contributed by atoms with E-state index in [1.807, 2.05) is 0 Å². The van der Waals surface area contributed by atoms with Crippen LogP contribution in [0.3, 0.4) is 0 Å². The molecule has 3 amide bonds. The maximum atomic E-state index is 12.5. The Labute approximate surface area is 191 Å². The van der Waals surface area contributed by atoms with Crippen molar-refractivity contribution < 1.29 is 9.59 Å². The standard InChI is InChI=1S/C24H24ClN5O2/c25-20-8-9-22(27-15-20)29-23(31)18-6-3-7-21(14-18)28-24(32)26-11-13-30-12-10-17-4-1-2-5-19(17)16-30/h1-9,14-15H,10-13,16H2,(H2,26,28,32)(H,27,29,31). The summed E-state index contributed by atoms with van der Waals surface area (Å²) in [5, 5.41) is 8.85. The molecule has 4 rings (SSSR count). The molecule has 1 aromatic heterocycles. The third-order valence-corrected chi connectivity index (χ3v) is 5.50. The second kappa shape index (κ2) is 10.3. The molecule has 0 atom stereocenters. The van der Waals surface area contributed by atoms with E-state index in [4.69, 9.17) is 11.6 Å². The van der Waals surface area contributed by atoms with Crippen molar-refractivity contribution >= 4 is 35.0 Å². The van der Waals surface area contributed by atoms with Crippen LogP contribution in [0.4, 0.5) is 16.3 Å². The lowest BCUT2D eigenvalue weighted by Crippen LogP contribution is -2.39. The molecule has 7 nitrogen and oxygen atoms in total. The number of fused-ring (bicyclic) bond motifs is 1. The third kappa shape index (κ3) is 5.84. The van der Waals surface area contributed by atoms with Crippen molar-refractivity contribution in [1.29, 1.82) is 0 Å². The minimum Gasteiger partial charge on any atom is -0.337 e. The zero-order valence-corrected chi connectivity index (χ0v) is 18.2. The molecule has 0 bridgehead atoms. The summed E-state index contributed by atoms with van der Waals surface area (Å²) in [6.07, 6.45) is 2.49. The highest BCUT2D eigenvalue weighted by atomic mass is 35.5. The van der Waals surface area contributed by atoms with Gasteiger partial charge in [-0.15, -0.1) is 0 Å². The third-order valence-electron chi connectivity index (χ3n) is 5.27. The van der Waals surface area contributed by atoms with Crippen LogP contribution in [0.25, 0.3) is 0 Å². The van der Waals surface area contributed by atoms with Crippen LogP contribution in [-0.2, 0) is 13.0 Å². The number of carbonyl (C=O) groups is 2. The van der Waals surface area contributed by atoms with Gasteiger partial charge in [0.05, 0.1) is 5.02 Å². The molecule has 2 aromatic carbocycles. The molecule has 0 unspecified atom stereocenters. The number of hydrogen-bond donors (Lipinski definition) is 3. The van der Waals surface area contributed by atoms with Gasteiger partial charge in [-0.3, -0.25) is 9.69 Å². The first kappa shape index (κ1) is 21.8. The molecule has 32 heavy (non-hydrogen) atoms. The Kier molecular flexibility index (Phi) is 6.99. The van der Waals surface area contributed by atoms with Gasteiger partial charge in [0.2, 0.25) is 0 Å². The van der Waals surface area contributed by atoms with E-state index in [9.17, 15) is 9.59 Å². The van der Waals surface area contributed by atoms with Crippen molar-refractivity contribution in [2.75, 3.05) is 30.3 Å². The first-order valence-electron chi connectivity index (χ1n) is 10.4. The Bertz CT molecular complexity index is 1100. The fourth-order valence-electron chi connectivity index (χ4n) is 3.62. The summed E-state index contributed by atoms with van der Waals surface area (Å²) >= 11 is 5.81. The lowest BCUT2D eigenvalue weighted by atomic mass is 10.00. The predicted molar refractivity (Wildman–Crippen MR) is 126 cm³/mol. The molecule has 2 heterocycles. The molecule has 1 aliphatic rings. The van der Waals surface area contributed by atoms with Gasteiger partial charge in [0, 0.05) is 43.6 Å². The van der Waals surface area contributed by atoms with Crippen LogP contribution >= 0.6 is 11.6 Å². The van der Waals surface area contributed by atoms with E-state index in [-0.39, 0.29) is 11.9 Å². The van der Waals surface area contributed by atoms with E-state index in [1.165, 1.54) is 17.3 Å². The quantitative estimate of drug-likeness (QED) is 0.527. The van der Waals surface area contributed by atoms with Gasteiger partial charge in [-0.1, -0.05) is 41.9 Å². The SMILES string of the molecule is O=C(NCCN1CCc2ccccc2C1)Nc1cccc(C(=O)Nc2ccc(Cl)cn2)c1. The second-order valence-corrected chi connectivity index (χ2v) is 8.01. The Balaban J connectivity index is 1.25. The zero-order chi connectivity index (χ0) is 22.3. The van der Waals surface area contributed by atoms with Gasteiger partial charge >= 0.3 is 6.03 Å². The number of urea groups is 1. The van der Waals surface area contributed by atoms with Gasteiger partial charge in [-0.05, 0) is 47.9 Å². The minimum atomic E-state index is -0.325. The number of aromatic nitrogens is 1. The molecule has 3 N–H and O–H groups in total. The molecule has 3 aromatic rings. The van der Waals surface area contributed by atoms with Crippen LogP contribution in [0, 0.1) is 0 Å². The first-order valence-corrected chi connectivity index (χ1v) is 10.8. The highest BCUT2D eigenvalue weighted by molar-refractivity contribution is 6.30. The highest BCUT2D eigenvalue weighted by Crippen LogP contribution is 2.18. The summed E-state index contributed by atoms with van der Waals surface area (Å²) in [5.41, 5.74) is 3.70. The highest BCUT2D eigenvalue weighted by Gasteiger charge is 2.15. The van der Waals surface area contributed by atoms with Gasteiger partial charge in [0.25, 0.3) is 5.91 Å². The number of amides is 3. The number of nitrogens with zero attached hydrogens (tertiary/aromatic N) is 2. The van der Waals surface area contributed by atoms with Crippen LogP contribution in [-0.4, -0.2) is 41.5 Å². The van der Waals surface area contributed by atoms with Crippen molar-refractivity contribution in [3.63, 3.8) is 0 Å². The molecule has 0 aliphatic carbocycles. The van der Waals surface area contributed by atoms with Crippen molar-refractivity contribution in [1.82, 2.24) is 15.2 Å². The largest absolute Gasteiger partial charge is 0.337 e. The molecule has 0 saturated carbocycles. The van der Waals surface area contributed by atoms with E-state index in [1.54, 1.807) is 36.4 Å². The molecule has 0 spiro atoms. The number of nitrogens with one attached hydrogen (secondary N) is 3. The van der Waals surface area contributed by atoms with E-state index in [0.29, 0.717) is 28.6 Å². The Morgan fingerprint density at radius 1 is 1.00 bits per heavy atom. The van der Waals surface area contributed by atoms with Crippen LogP contribution < -0.4 is 16.0 Å². The van der Waals surface area contributed by atoms with Gasteiger partial charge < -0.3 is 16.0 Å². The monoisotopic (exact) mass is 449 g/mol. The summed E-state index contributed by atoms with van der Waals surface area (Å²) in [4.78, 5) is 31.1. The normalized spacial score (nSPS) is 13.2. The maximum absolute atomic E-state index is 12.5. The number of hydrogen-bond acceptors (Lipinski definition) is 4. The summed E-state index contributed by atoms with van der Waals surface area (Å²) in [7, 11) is 0. The molecule has 0 fully saturated rings. The molecule has 8 heteroatoms. The Hall–Kier alpha value is -3.42. The van der Waals surface area contributed by atoms with Crippen LogP contribution in [0.2, 0.25) is 5.02 Å². The van der Waals surface area contributed by atoms with Gasteiger partial charge in [-0.2, -0.15) is 0 Å². The molecule has 164 valence electrons. The number of anilines is 2. The smallest absolute Gasteiger partial charge is 0.319 e. The number of pyridine rings is 1. The van der Waals surface area contributed by atoms with E-state index < -0.39 is 0 Å². The lowest BCUT2D eigenvalue weighted by Gasteiger charge is -2.28. The molecular formula is C24H24ClN5O2. The van der Waals surface area contributed by atoms with Gasteiger partial charge in [0.1, 0.15) is 5.82 Å². The number of carbonyl (C=O) groups excluding carboxylic acids is 2. The Morgan fingerprint density at radius 2 is 1.84 bits per heavy atom. The zero-order valence-electron chi connectivity index (χ0n) is 17.5. The fraction of sp³-hybridized carbons (Fsp3) is 0.208. The fourth-order valence-corrected chi connectivity index (χ4v) is 3.74. The minimum absolute atomic E-state index is 0.306. The van der Waals surface area contributed by atoms with Crippen molar-refractivity contribution in [2.24, 2.45) is 0 Å². The average Bonchev–Trinajstić information content (AvgIpc) is 2.80. The average molecular weight is 450 g/mol. The van der Waals surface area contributed by atoms with Crippen molar-refractivity contribution in [3.05, 3.63) is 88.6 Å². The molecule has 0 saturated heterocycles. The summed E-state index contributed by atoms with van der Waals surface area (Å²) in [6, 6.07) is 18.2.